The van der Waals surface area contributed by atoms with Gasteiger partial charge in [-0.2, -0.15) is 5.10 Å². The molecule has 2 atom stereocenters. The van der Waals surface area contributed by atoms with Crippen molar-refractivity contribution in [2.75, 3.05) is 25.1 Å². The molecule has 0 radical (unpaired) electrons. The Morgan fingerprint density at radius 2 is 1.50 bits per heavy atom. The summed E-state index contributed by atoms with van der Waals surface area (Å²) >= 11 is 0. The molecule has 210 valence electrons. The molecule has 1 heterocycles. The minimum absolute atomic E-state index is 0.0248. The number of unbranched alkanes of at least 4 members (excludes halogenated alkanes) is 2. The first-order valence-corrected chi connectivity index (χ1v) is 14.4. The van der Waals surface area contributed by atoms with E-state index in [4.69, 9.17) is 9.52 Å². The normalized spacial score (nSPS) is 13.4. The zero-order chi connectivity index (χ0) is 28.3. The number of benzene rings is 3. The Labute approximate surface area is 237 Å². The fourth-order valence-electron chi connectivity index (χ4n) is 5.25. The third-order valence-corrected chi connectivity index (χ3v) is 7.47. The molecule has 0 aliphatic heterocycles. The summed E-state index contributed by atoms with van der Waals surface area (Å²) in [6.45, 7) is 9.04. The van der Waals surface area contributed by atoms with Crippen LogP contribution in [0.5, 0.6) is 5.75 Å². The van der Waals surface area contributed by atoms with Gasteiger partial charge in [-0.25, -0.2) is 4.79 Å². The lowest BCUT2D eigenvalue weighted by Gasteiger charge is -2.33. The van der Waals surface area contributed by atoms with Gasteiger partial charge in [0.2, 0.25) is 0 Å². The van der Waals surface area contributed by atoms with Crippen molar-refractivity contribution in [3.63, 3.8) is 0 Å². The van der Waals surface area contributed by atoms with Crippen LogP contribution in [0.3, 0.4) is 0 Å². The molecule has 4 rings (SSSR count). The van der Waals surface area contributed by atoms with Gasteiger partial charge < -0.3 is 14.4 Å². The lowest BCUT2D eigenvalue weighted by atomic mass is 9.78. The molecule has 0 saturated carbocycles. The van der Waals surface area contributed by atoms with E-state index < -0.39 is 11.5 Å². The van der Waals surface area contributed by atoms with Gasteiger partial charge in [0.05, 0.1) is 16.6 Å². The van der Waals surface area contributed by atoms with Gasteiger partial charge in [0.1, 0.15) is 11.3 Å². The molecule has 0 unspecified atom stereocenters. The molecule has 0 bridgehead atoms. The molecule has 6 heteroatoms. The summed E-state index contributed by atoms with van der Waals surface area (Å²) in [6.07, 6.45) is 4.39. The number of para-hydroxylation sites is 2. The summed E-state index contributed by atoms with van der Waals surface area (Å²) in [5.74, 6) is -0.695. The molecule has 1 aromatic heterocycles. The van der Waals surface area contributed by atoms with Crippen LogP contribution in [0.4, 0.5) is 5.69 Å². The maximum absolute atomic E-state index is 13.6. The average molecular weight is 540 g/mol. The van der Waals surface area contributed by atoms with Crippen molar-refractivity contribution in [1.82, 2.24) is 4.90 Å². The van der Waals surface area contributed by atoms with Gasteiger partial charge >= 0.3 is 5.63 Å². The fourth-order valence-corrected chi connectivity index (χ4v) is 5.25. The van der Waals surface area contributed by atoms with E-state index >= 15 is 0 Å². The van der Waals surface area contributed by atoms with E-state index in [1.165, 1.54) is 0 Å². The van der Waals surface area contributed by atoms with Gasteiger partial charge in [-0.3, -0.25) is 5.43 Å². The lowest BCUT2D eigenvalue weighted by Crippen LogP contribution is -2.38. The first kappa shape index (κ1) is 29.1. The van der Waals surface area contributed by atoms with Gasteiger partial charge in [0.25, 0.3) is 0 Å². The highest BCUT2D eigenvalue weighted by Crippen LogP contribution is 2.39. The lowest BCUT2D eigenvalue weighted by molar-refractivity contribution is 0.238. The van der Waals surface area contributed by atoms with Crippen molar-refractivity contribution in [3.8, 4) is 5.75 Å². The molecule has 6 nitrogen and oxygen atoms in total. The summed E-state index contributed by atoms with van der Waals surface area (Å²) in [5, 5.41) is 16.9. The number of hydrogen-bond acceptors (Lipinski definition) is 6. The standard InChI is InChI=1S/C34H41N3O3/c1-4-6-22-37(23-7-5-2)24-29(25(3)35-36-27-18-12-9-13-19-27)31(26-16-10-8-11-17-26)32-33(38)28-20-14-15-21-30(28)40-34(32)39/h8-21,29,31,36,38H,4-7,22-24H2,1-3H3/b35-25-/t29-,31+/m1/s1. The summed E-state index contributed by atoms with van der Waals surface area (Å²) < 4.78 is 5.79. The maximum atomic E-state index is 13.6. The molecule has 40 heavy (non-hydrogen) atoms. The molecule has 4 aromatic rings. The van der Waals surface area contributed by atoms with E-state index in [0.29, 0.717) is 17.5 Å². The Bertz CT molecular complexity index is 1430. The molecule has 0 aliphatic carbocycles. The number of hydrogen-bond donors (Lipinski definition) is 2. The molecular formula is C34H41N3O3. The summed E-state index contributed by atoms with van der Waals surface area (Å²) in [4.78, 5) is 16.1. The van der Waals surface area contributed by atoms with Crippen molar-refractivity contribution in [1.29, 1.82) is 0 Å². The molecular weight excluding hydrogens is 498 g/mol. The monoisotopic (exact) mass is 539 g/mol. The van der Waals surface area contributed by atoms with Crippen LogP contribution in [0.2, 0.25) is 0 Å². The number of rotatable bonds is 14. The SMILES string of the molecule is CCCCN(CCCC)C[C@H](/C(C)=N\Nc1ccccc1)[C@H](c1ccccc1)c1c(O)c2ccccc2oc1=O. The highest BCUT2D eigenvalue weighted by molar-refractivity contribution is 5.88. The zero-order valence-electron chi connectivity index (χ0n) is 23.8. The van der Waals surface area contributed by atoms with Crippen LogP contribution in [0, 0.1) is 5.92 Å². The van der Waals surface area contributed by atoms with Crippen LogP contribution in [0.15, 0.2) is 99.2 Å². The smallest absolute Gasteiger partial charge is 0.343 e. The van der Waals surface area contributed by atoms with E-state index in [0.717, 1.165) is 55.7 Å². The molecule has 3 aromatic carbocycles. The Hall–Kier alpha value is -3.90. The summed E-state index contributed by atoms with van der Waals surface area (Å²) in [7, 11) is 0. The minimum Gasteiger partial charge on any atom is -0.507 e. The highest BCUT2D eigenvalue weighted by atomic mass is 16.4. The molecule has 0 saturated heterocycles. The number of nitrogens with zero attached hydrogens (tertiary/aromatic N) is 2. The largest absolute Gasteiger partial charge is 0.507 e. The van der Waals surface area contributed by atoms with Crippen molar-refractivity contribution in [2.45, 2.75) is 52.4 Å². The van der Waals surface area contributed by atoms with Crippen LogP contribution < -0.4 is 11.1 Å². The minimum atomic E-state index is -0.521. The summed E-state index contributed by atoms with van der Waals surface area (Å²) in [6, 6.07) is 26.9. The second-order valence-corrected chi connectivity index (χ2v) is 10.4. The van der Waals surface area contributed by atoms with Crippen LogP contribution in [0.25, 0.3) is 11.0 Å². The fraction of sp³-hybridized carbons (Fsp3) is 0.353. The summed E-state index contributed by atoms with van der Waals surface area (Å²) in [5.41, 5.74) is 6.01. The Kier molecular flexibility index (Phi) is 10.5. The number of nitrogens with one attached hydrogen (secondary N) is 1. The Morgan fingerprint density at radius 1 is 0.900 bits per heavy atom. The predicted molar refractivity (Wildman–Crippen MR) is 165 cm³/mol. The number of fused-ring (bicyclic) bond motifs is 1. The third kappa shape index (κ3) is 7.19. The highest BCUT2D eigenvalue weighted by Gasteiger charge is 2.34. The third-order valence-electron chi connectivity index (χ3n) is 7.47. The quantitative estimate of drug-likeness (QED) is 0.0978. The van der Waals surface area contributed by atoms with Crippen molar-refractivity contribution in [2.24, 2.45) is 11.0 Å². The van der Waals surface area contributed by atoms with E-state index in [9.17, 15) is 9.90 Å². The van der Waals surface area contributed by atoms with Crippen LogP contribution in [0.1, 0.15) is 63.5 Å². The molecule has 0 amide bonds. The van der Waals surface area contributed by atoms with Crippen LogP contribution >= 0.6 is 0 Å². The van der Waals surface area contributed by atoms with E-state index in [1.54, 1.807) is 18.2 Å². The molecule has 2 N–H and O–H groups in total. The second kappa shape index (κ2) is 14.5. The van der Waals surface area contributed by atoms with E-state index in [-0.39, 0.29) is 17.2 Å². The van der Waals surface area contributed by atoms with Gasteiger partial charge in [-0.15, -0.1) is 0 Å². The molecule has 0 fully saturated rings. The average Bonchev–Trinajstić information content (AvgIpc) is 2.99. The molecule has 0 spiro atoms. The Balaban J connectivity index is 1.87. The number of anilines is 1. The number of aromatic hydroxyl groups is 1. The topological polar surface area (TPSA) is 78.1 Å². The van der Waals surface area contributed by atoms with Crippen molar-refractivity contribution >= 4 is 22.4 Å². The van der Waals surface area contributed by atoms with Crippen LogP contribution in [-0.4, -0.2) is 35.4 Å². The first-order chi connectivity index (χ1) is 19.5. The van der Waals surface area contributed by atoms with E-state index in [2.05, 4.69) is 24.2 Å². The first-order valence-electron chi connectivity index (χ1n) is 14.4. The van der Waals surface area contributed by atoms with Gasteiger partial charge in [0, 0.05) is 24.1 Å². The van der Waals surface area contributed by atoms with Crippen molar-refractivity contribution < 1.29 is 9.52 Å². The van der Waals surface area contributed by atoms with Gasteiger partial charge in [-0.1, -0.05) is 87.4 Å². The zero-order valence-corrected chi connectivity index (χ0v) is 23.8. The van der Waals surface area contributed by atoms with Crippen LogP contribution in [-0.2, 0) is 0 Å². The van der Waals surface area contributed by atoms with Gasteiger partial charge in [0.15, 0.2) is 0 Å². The number of hydrazone groups is 1. The van der Waals surface area contributed by atoms with Crippen molar-refractivity contribution in [3.05, 3.63) is 106 Å². The van der Waals surface area contributed by atoms with Gasteiger partial charge in [-0.05, 0) is 62.7 Å². The Morgan fingerprint density at radius 3 is 2.15 bits per heavy atom. The molecule has 0 aliphatic rings. The maximum Gasteiger partial charge on any atom is 0.343 e. The van der Waals surface area contributed by atoms with E-state index in [1.807, 2.05) is 73.7 Å². The second-order valence-electron chi connectivity index (χ2n) is 10.4. The predicted octanol–water partition coefficient (Wildman–Crippen LogP) is 7.64.